The largest absolute Gasteiger partial charge is 0.445 e. The van der Waals surface area contributed by atoms with Crippen molar-refractivity contribution in [1.82, 2.24) is 10.3 Å². The zero-order valence-electron chi connectivity index (χ0n) is 9.34. The molecule has 3 nitrogen and oxygen atoms in total. The summed E-state index contributed by atoms with van der Waals surface area (Å²) in [4.78, 5) is 4.12. The fraction of sp³-hybridized carbons (Fsp3) is 0.727. The molecule has 3 heteroatoms. The summed E-state index contributed by atoms with van der Waals surface area (Å²) in [5.41, 5.74) is 0. The summed E-state index contributed by atoms with van der Waals surface area (Å²) in [6, 6.07) is 0. The van der Waals surface area contributed by atoms with E-state index in [0.29, 0.717) is 0 Å². The molecule has 1 N–H and O–H groups in total. The van der Waals surface area contributed by atoms with E-state index in [1.54, 1.807) is 6.20 Å². The normalized spacial score (nSPS) is 11.1. The molecule has 0 aliphatic heterocycles. The second kappa shape index (κ2) is 5.81. The monoisotopic (exact) mass is 196 g/mol. The molecule has 0 aliphatic carbocycles. The maximum absolute atomic E-state index is 5.34. The van der Waals surface area contributed by atoms with Crippen LogP contribution < -0.4 is 5.32 Å². The first-order chi connectivity index (χ1) is 6.68. The molecule has 14 heavy (non-hydrogen) atoms. The van der Waals surface area contributed by atoms with Gasteiger partial charge in [0.2, 0.25) is 5.89 Å². The first-order valence-corrected chi connectivity index (χ1v) is 5.30. The van der Waals surface area contributed by atoms with E-state index in [4.69, 9.17) is 4.42 Å². The van der Waals surface area contributed by atoms with Gasteiger partial charge in [0.25, 0.3) is 0 Å². The van der Waals surface area contributed by atoms with Crippen molar-refractivity contribution >= 4 is 0 Å². The van der Waals surface area contributed by atoms with Crippen molar-refractivity contribution in [3.05, 3.63) is 17.8 Å². The Balaban J connectivity index is 2.04. The number of hydrogen-bond donors (Lipinski definition) is 1. The van der Waals surface area contributed by atoms with E-state index in [0.717, 1.165) is 30.7 Å². The number of oxazole rings is 1. The van der Waals surface area contributed by atoms with Crippen LogP contribution in [0.3, 0.4) is 0 Å². The zero-order chi connectivity index (χ0) is 10.4. The van der Waals surface area contributed by atoms with Crippen molar-refractivity contribution < 1.29 is 4.42 Å². The molecule has 0 radical (unpaired) electrons. The van der Waals surface area contributed by atoms with E-state index in [2.05, 4.69) is 24.1 Å². The molecule has 0 fully saturated rings. The summed E-state index contributed by atoms with van der Waals surface area (Å²) in [5.74, 6) is 2.46. The molecule has 0 spiro atoms. The van der Waals surface area contributed by atoms with Crippen LogP contribution in [0.25, 0.3) is 0 Å². The molecule has 1 aromatic rings. The summed E-state index contributed by atoms with van der Waals surface area (Å²) in [7, 11) is 0. The maximum Gasteiger partial charge on any atom is 0.208 e. The standard InChI is InChI=1S/C11H20N2O/c1-9(2)5-4-6-12-8-11-13-7-10(3)14-11/h7,9,12H,4-6,8H2,1-3H3. The highest BCUT2D eigenvalue weighted by molar-refractivity contribution is 4.90. The van der Waals surface area contributed by atoms with Crippen molar-refractivity contribution in [2.24, 2.45) is 5.92 Å². The van der Waals surface area contributed by atoms with Crippen molar-refractivity contribution in [3.63, 3.8) is 0 Å². The molecular formula is C11H20N2O. The predicted octanol–water partition coefficient (Wildman–Crippen LogP) is 2.51. The smallest absolute Gasteiger partial charge is 0.208 e. The Hall–Kier alpha value is -0.830. The fourth-order valence-corrected chi connectivity index (χ4v) is 1.31. The van der Waals surface area contributed by atoms with Gasteiger partial charge in [-0.3, -0.25) is 0 Å². The van der Waals surface area contributed by atoms with E-state index in [9.17, 15) is 0 Å². The molecule has 1 aromatic heterocycles. The third kappa shape index (κ3) is 4.42. The number of hydrogen-bond acceptors (Lipinski definition) is 3. The van der Waals surface area contributed by atoms with Crippen LogP contribution in [0.1, 0.15) is 38.3 Å². The van der Waals surface area contributed by atoms with Gasteiger partial charge in [-0.2, -0.15) is 0 Å². The summed E-state index contributed by atoms with van der Waals surface area (Å²) in [5, 5.41) is 3.31. The zero-order valence-corrected chi connectivity index (χ0v) is 9.34. The van der Waals surface area contributed by atoms with Crippen LogP contribution in [0.4, 0.5) is 0 Å². The number of aryl methyl sites for hydroxylation is 1. The Bertz CT molecular complexity index is 256. The Labute approximate surface area is 85.9 Å². The SMILES string of the molecule is Cc1cnc(CNCCCC(C)C)o1. The summed E-state index contributed by atoms with van der Waals surface area (Å²) in [6.45, 7) is 8.19. The lowest BCUT2D eigenvalue weighted by Crippen LogP contribution is -2.15. The average molecular weight is 196 g/mol. The van der Waals surface area contributed by atoms with Gasteiger partial charge in [0, 0.05) is 0 Å². The van der Waals surface area contributed by atoms with Crippen molar-refractivity contribution in [2.75, 3.05) is 6.54 Å². The molecule has 0 aromatic carbocycles. The first kappa shape index (κ1) is 11.2. The Morgan fingerprint density at radius 3 is 2.86 bits per heavy atom. The second-order valence-corrected chi connectivity index (χ2v) is 4.08. The van der Waals surface area contributed by atoms with Crippen LogP contribution in [0, 0.1) is 12.8 Å². The fourth-order valence-electron chi connectivity index (χ4n) is 1.31. The highest BCUT2D eigenvalue weighted by atomic mass is 16.4. The minimum absolute atomic E-state index is 0.742. The minimum atomic E-state index is 0.742. The van der Waals surface area contributed by atoms with Gasteiger partial charge in [-0.15, -0.1) is 0 Å². The number of rotatable bonds is 6. The Morgan fingerprint density at radius 1 is 1.50 bits per heavy atom. The van der Waals surface area contributed by atoms with Gasteiger partial charge in [-0.05, 0) is 32.2 Å². The minimum Gasteiger partial charge on any atom is -0.445 e. The van der Waals surface area contributed by atoms with Crippen LogP contribution >= 0.6 is 0 Å². The lowest BCUT2D eigenvalue weighted by Gasteiger charge is -2.04. The number of aromatic nitrogens is 1. The van der Waals surface area contributed by atoms with Crippen LogP contribution in [0.2, 0.25) is 0 Å². The van der Waals surface area contributed by atoms with Crippen molar-refractivity contribution in [2.45, 2.75) is 40.2 Å². The van der Waals surface area contributed by atoms with Crippen molar-refractivity contribution in [1.29, 1.82) is 0 Å². The highest BCUT2D eigenvalue weighted by Crippen LogP contribution is 2.03. The molecule has 1 rings (SSSR count). The number of nitrogens with zero attached hydrogens (tertiary/aromatic N) is 1. The molecule has 0 atom stereocenters. The van der Waals surface area contributed by atoms with E-state index < -0.39 is 0 Å². The lowest BCUT2D eigenvalue weighted by molar-refractivity contribution is 0.441. The molecule has 1 heterocycles. The molecule has 0 saturated heterocycles. The van der Waals surface area contributed by atoms with Gasteiger partial charge in [0.15, 0.2) is 0 Å². The first-order valence-electron chi connectivity index (χ1n) is 5.30. The van der Waals surface area contributed by atoms with Crippen LogP contribution in [-0.2, 0) is 6.54 Å². The Kier molecular flexibility index (Phi) is 4.66. The van der Waals surface area contributed by atoms with Crippen LogP contribution in [0.5, 0.6) is 0 Å². The maximum atomic E-state index is 5.34. The van der Waals surface area contributed by atoms with Crippen LogP contribution in [-0.4, -0.2) is 11.5 Å². The molecule has 0 bridgehead atoms. The molecule has 0 saturated carbocycles. The van der Waals surface area contributed by atoms with Crippen LogP contribution in [0.15, 0.2) is 10.6 Å². The second-order valence-electron chi connectivity index (χ2n) is 4.08. The van der Waals surface area contributed by atoms with Gasteiger partial charge in [-0.1, -0.05) is 13.8 Å². The summed E-state index contributed by atoms with van der Waals surface area (Å²) in [6.07, 6.45) is 4.25. The summed E-state index contributed by atoms with van der Waals surface area (Å²) >= 11 is 0. The topological polar surface area (TPSA) is 38.1 Å². The van der Waals surface area contributed by atoms with E-state index >= 15 is 0 Å². The quantitative estimate of drug-likeness (QED) is 0.710. The van der Waals surface area contributed by atoms with Gasteiger partial charge < -0.3 is 9.73 Å². The van der Waals surface area contributed by atoms with E-state index in [1.165, 1.54) is 12.8 Å². The third-order valence-corrected chi connectivity index (χ3v) is 2.08. The van der Waals surface area contributed by atoms with E-state index in [1.807, 2.05) is 6.92 Å². The molecule has 80 valence electrons. The number of nitrogens with one attached hydrogen (secondary N) is 1. The van der Waals surface area contributed by atoms with Crippen molar-refractivity contribution in [3.8, 4) is 0 Å². The Morgan fingerprint density at radius 2 is 2.29 bits per heavy atom. The molecular weight excluding hydrogens is 176 g/mol. The average Bonchev–Trinajstić information content (AvgIpc) is 2.50. The van der Waals surface area contributed by atoms with Gasteiger partial charge in [0.1, 0.15) is 5.76 Å². The molecule has 0 amide bonds. The van der Waals surface area contributed by atoms with E-state index in [-0.39, 0.29) is 0 Å². The molecule has 0 unspecified atom stereocenters. The predicted molar refractivity (Wildman–Crippen MR) is 57.0 cm³/mol. The van der Waals surface area contributed by atoms with Gasteiger partial charge in [-0.25, -0.2) is 4.98 Å². The molecule has 0 aliphatic rings. The van der Waals surface area contributed by atoms with Gasteiger partial charge in [0.05, 0.1) is 12.7 Å². The third-order valence-electron chi connectivity index (χ3n) is 2.08. The lowest BCUT2D eigenvalue weighted by atomic mass is 10.1. The summed E-state index contributed by atoms with van der Waals surface area (Å²) < 4.78 is 5.34. The highest BCUT2D eigenvalue weighted by Gasteiger charge is 1.99. The van der Waals surface area contributed by atoms with Gasteiger partial charge >= 0.3 is 0 Å².